The highest BCUT2D eigenvalue weighted by Gasteiger charge is 2.03. The van der Waals surface area contributed by atoms with Crippen LogP contribution >= 0.6 is 0 Å². The fourth-order valence-corrected chi connectivity index (χ4v) is 1.31. The monoisotopic (exact) mass is 227 g/mol. The van der Waals surface area contributed by atoms with Crippen molar-refractivity contribution < 1.29 is 20.1 Å². The lowest BCUT2D eigenvalue weighted by molar-refractivity contribution is 0.0644. The van der Waals surface area contributed by atoms with E-state index in [1.807, 2.05) is 0 Å². The normalized spacial score (nSPS) is 12.6. The van der Waals surface area contributed by atoms with E-state index in [0.717, 1.165) is 5.56 Å². The first kappa shape index (κ1) is 12.8. The SMILES string of the molecule is COCC(O)CNCc1ccc(O)c(O)c1. The van der Waals surface area contributed by atoms with Gasteiger partial charge in [-0.2, -0.15) is 0 Å². The summed E-state index contributed by atoms with van der Waals surface area (Å²) in [5, 5.41) is 30.7. The van der Waals surface area contributed by atoms with E-state index in [9.17, 15) is 10.2 Å². The van der Waals surface area contributed by atoms with E-state index in [0.29, 0.717) is 13.1 Å². The van der Waals surface area contributed by atoms with Crippen LogP contribution in [0, 0.1) is 0 Å². The molecule has 0 spiro atoms. The zero-order chi connectivity index (χ0) is 12.0. The third-order valence-electron chi connectivity index (χ3n) is 2.11. The van der Waals surface area contributed by atoms with Gasteiger partial charge in [-0.25, -0.2) is 0 Å². The van der Waals surface area contributed by atoms with Gasteiger partial charge in [0.15, 0.2) is 11.5 Å². The van der Waals surface area contributed by atoms with Crippen LogP contribution in [0.1, 0.15) is 5.56 Å². The summed E-state index contributed by atoms with van der Waals surface area (Å²) < 4.78 is 4.78. The van der Waals surface area contributed by atoms with Crippen LogP contribution in [0.3, 0.4) is 0 Å². The number of nitrogens with one attached hydrogen (secondary N) is 1. The van der Waals surface area contributed by atoms with Crippen LogP contribution in [0.4, 0.5) is 0 Å². The second kappa shape index (κ2) is 6.32. The Morgan fingerprint density at radius 2 is 2.06 bits per heavy atom. The molecule has 5 heteroatoms. The molecule has 0 saturated heterocycles. The van der Waals surface area contributed by atoms with E-state index in [1.54, 1.807) is 6.07 Å². The molecule has 0 fully saturated rings. The molecule has 1 unspecified atom stereocenters. The number of methoxy groups -OCH3 is 1. The summed E-state index contributed by atoms with van der Waals surface area (Å²) in [7, 11) is 1.53. The van der Waals surface area contributed by atoms with Crippen molar-refractivity contribution in [1.82, 2.24) is 5.32 Å². The number of aromatic hydroxyl groups is 2. The summed E-state index contributed by atoms with van der Waals surface area (Å²) in [6.45, 7) is 1.21. The van der Waals surface area contributed by atoms with Gasteiger partial charge in [0.25, 0.3) is 0 Å². The van der Waals surface area contributed by atoms with E-state index in [2.05, 4.69) is 5.32 Å². The molecule has 0 aliphatic rings. The minimum atomic E-state index is -0.546. The second-order valence-corrected chi connectivity index (χ2v) is 3.56. The van der Waals surface area contributed by atoms with Crippen LogP contribution in [-0.4, -0.2) is 41.7 Å². The predicted molar refractivity (Wildman–Crippen MR) is 59.4 cm³/mol. The standard InChI is InChI=1S/C11H17NO4/c1-16-7-9(13)6-12-5-8-2-3-10(14)11(15)4-8/h2-4,9,12-15H,5-7H2,1H3. The zero-order valence-corrected chi connectivity index (χ0v) is 9.18. The van der Waals surface area contributed by atoms with Crippen LogP contribution in [0.25, 0.3) is 0 Å². The number of hydrogen-bond acceptors (Lipinski definition) is 5. The molecule has 1 rings (SSSR count). The Labute approximate surface area is 94.3 Å². The van der Waals surface area contributed by atoms with Gasteiger partial charge in [-0.15, -0.1) is 0 Å². The van der Waals surface area contributed by atoms with Crippen LogP contribution in [0.2, 0.25) is 0 Å². The Morgan fingerprint density at radius 1 is 1.31 bits per heavy atom. The molecular weight excluding hydrogens is 210 g/mol. The van der Waals surface area contributed by atoms with Crippen molar-refractivity contribution in [2.24, 2.45) is 0 Å². The van der Waals surface area contributed by atoms with E-state index in [4.69, 9.17) is 9.84 Å². The van der Waals surface area contributed by atoms with Crippen LogP contribution in [0.5, 0.6) is 11.5 Å². The number of phenols is 2. The number of phenolic OH excluding ortho intramolecular Hbond substituents is 2. The average Bonchev–Trinajstić information content (AvgIpc) is 2.24. The maximum atomic E-state index is 9.35. The van der Waals surface area contributed by atoms with Crippen molar-refractivity contribution in [3.05, 3.63) is 23.8 Å². The van der Waals surface area contributed by atoms with Crippen LogP contribution in [-0.2, 0) is 11.3 Å². The highest BCUT2D eigenvalue weighted by molar-refractivity contribution is 5.40. The minimum Gasteiger partial charge on any atom is -0.504 e. The summed E-state index contributed by atoms with van der Waals surface area (Å²) in [4.78, 5) is 0. The largest absolute Gasteiger partial charge is 0.504 e. The van der Waals surface area contributed by atoms with Crippen LogP contribution in [0.15, 0.2) is 18.2 Å². The van der Waals surface area contributed by atoms with Gasteiger partial charge in [0.2, 0.25) is 0 Å². The maximum absolute atomic E-state index is 9.35. The number of rotatable bonds is 6. The van der Waals surface area contributed by atoms with Crippen molar-refractivity contribution in [3.63, 3.8) is 0 Å². The zero-order valence-electron chi connectivity index (χ0n) is 9.18. The van der Waals surface area contributed by atoms with Crippen molar-refractivity contribution in [2.75, 3.05) is 20.3 Å². The van der Waals surface area contributed by atoms with Crippen LogP contribution < -0.4 is 5.32 Å². The third-order valence-corrected chi connectivity index (χ3v) is 2.11. The maximum Gasteiger partial charge on any atom is 0.157 e. The molecule has 1 aromatic carbocycles. The van der Waals surface area contributed by atoms with E-state index < -0.39 is 6.10 Å². The summed E-state index contributed by atoms with van der Waals surface area (Å²) in [5.74, 6) is -0.278. The number of ether oxygens (including phenoxy) is 1. The lowest BCUT2D eigenvalue weighted by Crippen LogP contribution is -2.29. The quantitative estimate of drug-likeness (QED) is 0.522. The predicted octanol–water partition coefficient (Wildman–Crippen LogP) is 0.195. The molecule has 0 bridgehead atoms. The Hall–Kier alpha value is -1.30. The molecule has 0 heterocycles. The fourth-order valence-electron chi connectivity index (χ4n) is 1.31. The Morgan fingerprint density at radius 3 is 2.69 bits per heavy atom. The van der Waals surface area contributed by atoms with E-state index in [-0.39, 0.29) is 18.1 Å². The van der Waals surface area contributed by atoms with Gasteiger partial charge in [0.1, 0.15) is 0 Å². The van der Waals surface area contributed by atoms with Gasteiger partial charge in [0, 0.05) is 20.2 Å². The highest BCUT2D eigenvalue weighted by atomic mass is 16.5. The van der Waals surface area contributed by atoms with E-state index >= 15 is 0 Å². The second-order valence-electron chi connectivity index (χ2n) is 3.56. The molecule has 0 saturated carbocycles. The number of aliphatic hydroxyl groups is 1. The summed E-state index contributed by atoms with van der Waals surface area (Å²) >= 11 is 0. The molecule has 16 heavy (non-hydrogen) atoms. The summed E-state index contributed by atoms with van der Waals surface area (Å²) in [5.41, 5.74) is 0.833. The van der Waals surface area contributed by atoms with Gasteiger partial charge in [-0.1, -0.05) is 6.07 Å². The first-order valence-corrected chi connectivity index (χ1v) is 5.02. The molecule has 0 aliphatic heterocycles. The molecular formula is C11H17NO4. The molecule has 1 atom stereocenters. The first-order valence-electron chi connectivity index (χ1n) is 5.02. The van der Waals surface area contributed by atoms with Crippen molar-refractivity contribution in [2.45, 2.75) is 12.6 Å². The van der Waals surface area contributed by atoms with Gasteiger partial charge >= 0.3 is 0 Å². The number of benzene rings is 1. The molecule has 1 aromatic rings. The molecule has 0 radical (unpaired) electrons. The smallest absolute Gasteiger partial charge is 0.157 e. The molecule has 0 aliphatic carbocycles. The Balaban J connectivity index is 2.34. The van der Waals surface area contributed by atoms with Gasteiger partial charge < -0.3 is 25.4 Å². The van der Waals surface area contributed by atoms with Crippen molar-refractivity contribution in [1.29, 1.82) is 0 Å². The summed E-state index contributed by atoms with van der Waals surface area (Å²) in [6, 6.07) is 4.60. The molecule has 90 valence electrons. The summed E-state index contributed by atoms with van der Waals surface area (Å²) in [6.07, 6.45) is -0.546. The van der Waals surface area contributed by atoms with Gasteiger partial charge in [-0.3, -0.25) is 0 Å². The molecule has 5 nitrogen and oxygen atoms in total. The Bertz CT molecular complexity index is 330. The lowest BCUT2D eigenvalue weighted by atomic mass is 10.2. The van der Waals surface area contributed by atoms with Gasteiger partial charge in [-0.05, 0) is 17.7 Å². The van der Waals surface area contributed by atoms with Crippen molar-refractivity contribution >= 4 is 0 Å². The van der Waals surface area contributed by atoms with E-state index in [1.165, 1.54) is 19.2 Å². The van der Waals surface area contributed by atoms with Gasteiger partial charge in [0.05, 0.1) is 12.7 Å². The number of aliphatic hydroxyl groups excluding tert-OH is 1. The van der Waals surface area contributed by atoms with Crippen molar-refractivity contribution in [3.8, 4) is 11.5 Å². The average molecular weight is 227 g/mol. The lowest BCUT2D eigenvalue weighted by Gasteiger charge is -2.10. The minimum absolute atomic E-state index is 0.136. The number of hydrogen-bond donors (Lipinski definition) is 4. The highest BCUT2D eigenvalue weighted by Crippen LogP contribution is 2.24. The third kappa shape index (κ3) is 4.06. The molecule has 0 amide bonds. The Kier molecular flexibility index (Phi) is 5.04. The molecule has 4 N–H and O–H groups in total. The topological polar surface area (TPSA) is 82.0 Å². The first-order chi connectivity index (χ1) is 7.63. The molecule has 0 aromatic heterocycles. The fraction of sp³-hybridized carbons (Fsp3) is 0.455.